The van der Waals surface area contributed by atoms with E-state index in [-0.39, 0.29) is 0 Å². The van der Waals surface area contributed by atoms with Crippen molar-refractivity contribution in [1.29, 1.82) is 0 Å². The van der Waals surface area contributed by atoms with Crippen molar-refractivity contribution >= 4 is 12.7 Å². The molecule has 0 unspecified atom stereocenters. The fourth-order valence-corrected chi connectivity index (χ4v) is 1.71. The van der Waals surface area contributed by atoms with Gasteiger partial charge in [-0.1, -0.05) is 81.1 Å². The van der Waals surface area contributed by atoms with Crippen LogP contribution in [0.4, 0.5) is 0 Å². The van der Waals surface area contributed by atoms with E-state index < -0.39 is 0 Å². The van der Waals surface area contributed by atoms with Crippen LogP contribution in [0.1, 0.15) is 40.0 Å². The van der Waals surface area contributed by atoms with Crippen molar-refractivity contribution in [2.24, 2.45) is 0 Å². The minimum absolute atomic E-state index is 0.331. The van der Waals surface area contributed by atoms with Gasteiger partial charge in [-0.25, -0.2) is 0 Å². The lowest BCUT2D eigenvalue weighted by atomic mass is 9.49. The van der Waals surface area contributed by atoms with E-state index in [1.54, 1.807) is 0 Å². The van der Waals surface area contributed by atoms with E-state index in [0.29, 0.717) is 5.31 Å². The first-order valence-electron chi connectivity index (χ1n) is 5.55. The van der Waals surface area contributed by atoms with Crippen LogP contribution < -0.4 is 5.46 Å². The molecule has 0 aliphatic heterocycles. The van der Waals surface area contributed by atoms with Gasteiger partial charge in [-0.2, -0.15) is 0 Å². The molecule has 0 aliphatic rings. The second-order valence-corrected chi connectivity index (χ2v) is 4.65. The maximum atomic E-state index is 2.38. The summed E-state index contributed by atoms with van der Waals surface area (Å²) in [4.78, 5) is 0. The van der Waals surface area contributed by atoms with E-state index in [1.807, 2.05) is 0 Å². The monoisotopic (exact) mass is 187 g/mol. The van der Waals surface area contributed by atoms with Crippen molar-refractivity contribution in [3.8, 4) is 0 Å². The third kappa shape index (κ3) is 4.00. The molecule has 0 aliphatic carbocycles. The molecule has 0 fully saturated rings. The van der Waals surface area contributed by atoms with Crippen molar-refractivity contribution in [2.45, 2.75) is 45.3 Å². The van der Waals surface area contributed by atoms with E-state index in [9.17, 15) is 0 Å². The molecule has 0 bridgehead atoms. The molecule has 0 atom stereocenters. The first kappa shape index (κ1) is 11.4. The molecule has 0 aromatic heterocycles. The zero-order chi connectivity index (χ0) is 10.4. The lowest BCUT2D eigenvalue weighted by molar-refractivity contribution is 0.567. The quantitative estimate of drug-likeness (QED) is 0.619. The summed E-state index contributed by atoms with van der Waals surface area (Å²) >= 11 is 0. The smallest absolute Gasteiger partial charge is 0.0872 e. The molecule has 1 radical (unpaired) electrons. The number of unbranched alkanes of at least 4 members (excludes halogenated alkanes) is 1. The fourth-order valence-electron chi connectivity index (χ4n) is 1.71. The minimum Gasteiger partial charge on any atom is -0.0872 e. The summed E-state index contributed by atoms with van der Waals surface area (Å²) in [5, 5.41) is 0.331. The summed E-state index contributed by atoms with van der Waals surface area (Å²) < 4.78 is 0. The number of benzene rings is 1. The van der Waals surface area contributed by atoms with Gasteiger partial charge in [-0.15, -0.1) is 0 Å². The summed E-state index contributed by atoms with van der Waals surface area (Å²) in [7, 11) is 2.38. The molecule has 0 spiro atoms. The van der Waals surface area contributed by atoms with Gasteiger partial charge in [0, 0.05) is 0 Å². The maximum Gasteiger partial charge on any atom is 0.158 e. The molecule has 0 amide bonds. The molecule has 0 saturated heterocycles. The van der Waals surface area contributed by atoms with Crippen LogP contribution in [-0.4, -0.2) is 7.28 Å². The van der Waals surface area contributed by atoms with E-state index in [1.165, 1.54) is 24.7 Å². The van der Waals surface area contributed by atoms with Gasteiger partial charge < -0.3 is 0 Å². The van der Waals surface area contributed by atoms with Gasteiger partial charge in [0.25, 0.3) is 0 Å². The van der Waals surface area contributed by atoms with Gasteiger partial charge >= 0.3 is 0 Å². The van der Waals surface area contributed by atoms with Crippen LogP contribution in [-0.2, 0) is 0 Å². The SMILES string of the molecule is CCCCC(C)(C)[B]c1ccccc1. The zero-order valence-electron chi connectivity index (χ0n) is 9.59. The average Bonchev–Trinajstić information content (AvgIpc) is 2.16. The Hall–Kier alpha value is -0.715. The summed E-state index contributed by atoms with van der Waals surface area (Å²) in [6.45, 7) is 6.88. The lowest BCUT2D eigenvalue weighted by Gasteiger charge is -2.23. The largest absolute Gasteiger partial charge is 0.158 e. The highest BCUT2D eigenvalue weighted by Crippen LogP contribution is 2.29. The van der Waals surface area contributed by atoms with Gasteiger partial charge in [-0.05, 0) is 0 Å². The predicted octanol–water partition coefficient (Wildman–Crippen LogP) is 3.40. The van der Waals surface area contributed by atoms with Crippen molar-refractivity contribution in [1.82, 2.24) is 0 Å². The Bertz CT molecular complexity index is 251. The third-order valence-electron chi connectivity index (χ3n) is 2.53. The van der Waals surface area contributed by atoms with Gasteiger partial charge in [0.15, 0.2) is 7.28 Å². The highest BCUT2D eigenvalue weighted by molar-refractivity contribution is 6.56. The Kier molecular flexibility index (Phi) is 4.25. The van der Waals surface area contributed by atoms with Crippen molar-refractivity contribution in [2.75, 3.05) is 0 Å². The standard InChI is InChI=1S/C13H20B/c1-4-5-11-13(2,3)14-12-9-7-6-8-10-12/h6-10H,4-5,11H2,1-3H3. The predicted molar refractivity (Wildman–Crippen MR) is 65.4 cm³/mol. The van der Waals surface area contributed by atoms with Crippen molar-refractivity contribution < 1.29 is 0 Å². The Morgan fingerprint density at radius 2 is 1.79 bits per heavy atom. The van der Waals surface area contributed by atoms with E-state index in [2.05, 4.69) is 58.4 Å². The van der Waals surface area contributed by atoms with Gasteiger partial charge in [0.2, 0.25) is 0 Å². The van der Waals surface area contributed by atoms with E-state index in [4.69, 9.17) is 0 Å². The Balaban J connectivity index is 2.50. The second-order valence-electron chi connectivity index (χ2n) is 4.65. The van der Waals surface area contributed by atoms with Crippen LogP contribution in [0.15, 0.2) is 30.3 Å². The molecular weight excluding hydrogens is 167 g/mol. The summed E-state index contributed by atoms with van der Waals surface area (Å²) in [5.41, 5.74) is 1.34. The van der Waals surface area contributed by atoms with Gasteiger partial charge in [0.1, 0.15) is 0 Å². The lowest BCUT2D eigenvalue weighted by Crippen LogP contribution is -2.25. The Morgan fingerprint density at radius 3 is 2.36 bits per heavy atom. The first-order valence-corrected chi connectivity index (χ1v) is 5.55. The maximum absolute atomic E-state index is 2.38. The Morgan fingerprint density at radius 1 is 1.14 bits per heavy atom. The molecule has 14 heavy (non-hydrogen) atoms. The summed E-state index contributed by atoms with van der Waals surface area (Å²) in [6.07, 6.45) is 3.88. The summed E-state index contributed by atoms with van der Waals surface area (Å²) in [5.74, 6) is 0. The molecule has 0 heterocycles. The molecular formula is C13H20B. The van der Waals surface area contributed by atoms with Crippen LogP contribution in [0.25, 0.3) is 0 Å². The van der Waals surface area contributed by atoms with Crippen molar-refractivity contribution in [3.63, 3.8) is 0 Å². The van der Waals surface area contributed by atoms with E-state index >= 15 is 0 Å². The second kappa shape index (κ2) is 5.24. The molecule has 0 nitrogen and oxygen atoms in total. The molecule has 1 rings (SSSR count). The van der Waals surface area contributed by atoms with Gasteiger partial charge in [0.05, 0.1) is 0 Å². The third-order valence-corrected chi connectivity index (χ3v) is 2.53. The molecule has 0 saturated carbocycles. The fraction of sp³-hybridized carbons (Fsp3) is 0.538. The van der Waals surface area contributed by atoms with Crippen LogP contribution in [0.2, 0.25) is 5.31 Å². The summed E-state index contributed by atoms with van der Waals surface area (Å²) in [6, 6.07) is 10.6. The minimum atomic E-state index is 0.331. The zero-order valence-corrected chi connectivity index (χ0v) is 9.59. The molecule has 75 valence electrons. The molecule has 1 aromatic rings. The number of rotatable bonds is 5. The topological polar surface area (TPSA) is 0 Å². The molecule has 1 aromatic carbocycles. The first-order chi connectivity index (χ1) is 6.64. The average molecular weight is 187 g/mol. The van der Waals surface area contributed by atoms with Crippen LogP contribution >= 0.6 is 0 Å². The van der Waals surface area contributed by atoms with E-state index in [0.717, 1.165) is 0 Å². The molecule has 1 heteroatoms. The molecule has 0 N–H and O–H groups in total. The van der Waals surface area contributed by atoms with Gasteiger partial charge in [-0.3, -0.25) is 0 Å². The van der Waals surface area contributed by atoms with Crippen molar-refractivity contribution in [3.05, 3.63) is 30.3 Å². The number of hydrogen-bond acceptors (Lipinski definition) is 0. The normalized spacial score (nSPS) is 11.4. The number of hydrogen-bond donors (Lipinski definition) is 0. The van der Waals surface area contributed by atoms with Crippen LogP contribution in [0.3, 0.4) is 0 Å². The van der Waals surface area contributed by atoms with Crippen LogP contribution in [0, 0.1) is 0 Å². The highest BCUT2D eigenvalue weighted by Gasteiger charge is 2.18. The van der Waals surface area contributed by atoms with Crippen LogP contribution in [0.5, 0.6) is 0 Å². The Labute approximate surface area is 89.0 Å². The highest BCUT2D eigenvalue weighted by atomic mass is 14.1.